The highest BCUT2D eigenvalue weighted by Crippen LogP contribution is 2.22. The van der Waals surface area contributed by atoms with Crippen molar-refractivity contribution in [2.24, 2.45) is 0 Å². The molecule has 1 heterocycles. The Balaban J connectivity index is 2.10. The molecule has 0 saturated heterocycles. The van der Waals surface area contributed by atoms with Crippen LogP contribution in [0.2, 0.25) is 0 Å². The average Bonchev–Trinajstić information content (AvgIpc) is 2.48. The first-order chi connectivity index (χ1) is 10.6. The minimum Gasteiger partial charge on any atom is -0.385 e. The molecule has 0 aliphatic carbocycles. The van der Waals surface area contributed by atoms with Crippen molar-refractivity contribution in [3.8, 4) is 0 Å². The molecular formula is C17H24N4O. The summed E-state index contributed by atoms with van der Waals surface area (Å²) in [5.74, 6) is 1.44. The van der Waals surface area contributed by atoms with Crippen LogP contribution in [0, 0.1) is 20.8 Å². The van der Waals surface area contributed by atoms with Gasteiger partial charge in [0.05, 0.1) is 0 Å². The van der Waals surface area contributed by atoms with Gasteiger partial charge in [-0.15, -0.1) is 0 Å². The first-order valence-corrected chi connectivity index (χ1v) is 7.52. The zero-order valence-corrected chi connectivity index (χ0v) is 13.7. The Labute approximate surface area is 132 Å². The number of aromatic nitrogens is 2. The lowest BCUT2D eigenvalue weighted by atomic mass is 10.1. The van der Waals surface area contributed by atoms with E-state index in [9.17, 15) is 0 Å². The van der Waals surface area contributed by atoms with Crippen LogP contribution >= 0.6 is 0 Å². The number of ether oxygens (including phenoxy) is 1. The summed E-state index contributed by atoms with van der Waals surface area (Å²) in [6, 6.07) is 8.16. The smallest absolute Gasteiger partial charge is 0.224 e. The van der Waals surface area contributed by atoms with Gasteiger partial charge in [0.25, 0.3) is 0 Å². The highest BCUT2D eigenvalue weighted by atomic mass is 16.5. The lowest BCUT2D eigenvalue weighted by Crippen LogP contribution is -2.09. The molecule has 0 spiro atoms. The van der Waals surface area contributed by atoms with E-state index in [2.05, 4.69) is 46.6 Å². The zero-order chi connectivity index (χ0) is 15.9. The molecule has 0 radical (unpaired) electrons. The molecule has 0 amide bonds. The summed E-state index contributed by atoms with van der Waals surface area (Å²) in [4.78, 5) is 8.93. The van der Waals surface area contributed by atoms with E-state index in [1.54, 1.807) is 7.11 Å². The molecule has 5 nitrogen and oxygen atoms in total. The van der Waals surface area contributed by atoms with Crippen molar-refractivity contribution in [3.63, 3.8) is 0 Å². The molecule has 1 aromatic carbocycles. The maximum atomic E-state index is 5.04. The number of aryl methyl sites for hydroxylation is 2. The van der Waals surface area contributed by atoms with Crippen LogP contribution in [0.1, 0.15) is 23.2 Å². The molecule has 0 aliphatic rings. The topological polar surface area (TPSA) is 59.1 Å². The molecule has 0 atom stereocenters. The SMILES string of the molecule is COCCCNc1nc(C)cc(Nc2cccc(C)c2C)n1. The summed E-state index contributed by atoms with van der Waals surface area (Å²) in [5, 5.41) is 6.61. The molecule has 0 bridgehead atoms. The third kappa shape index (κ3) is 4.43. The average molecular weight is 300 g/mol. The monoisotopic (exact) mass is 300 g/mol. The van der Waals surface area contributed by atoms with Crippen LogP contribution in [0.5, 0.6) is 0 Å². The Hall–Kier alpha value is -2.14. The predicted octanol–water partition coefficient (Wildman–Crippen LogP) is 3.59. The molecule has 118 valence electrons. The van der Waals surface area contributed by atoms with Gasteiger partial charge in [-0.1, -0.05) is 12.1 Å². The quantitative estimate of drug-likeness (QED) is 0.765. The van der Waals surface area contributed by atoms with Gasteiger partial charge in [0.1, 0.15) is 5.82 Å². The van der Waals surface area contributed by atoms with Crippen LogP contribution in [0.25, 0.3) is 0 Å². The Bertz CT molecular complexity index is 628. The fourth-order valence-electron chi connectivity index (χ4n) is 2.15. The Morgan fingerprint density at radius 2 is 1.95 bits per heavy atom. The maximum Gasteiger partial charge on any atom is 0.224 e. The van der Waals surface area contributed by atoms with Gasteiger partial charge >= 0.3 is 0 Å². The molecule has 0 fully saturated rings. The second-order valence-corrected chi connectivity index (χ2v) is 5.36. The van der Waals surface area contributed by atoms with Crippen molar-refractivity contribution in [3.05, 3.63) is 41.1 Å². The van der Waals surface area contributed by atoms with E-state index >= 15 is 0 Å². The number of rotatable bonds is 7. The van der Waals surface area contributed by atoms with E-state index in [1.807, 2.05) is 19.1 Å². The number of anilines is 3. The maximum absolute atomic E-state index is 5.04. The Morgan fingerprint density at radius 3 is 2.73 bits per heavy atom. The molecule has 5 heteroatoms. The van der Waals surface area contributed by atoms with Crippen molar-refractivity contribution in [1.29, 1.82) is 0 Å². The highest BCUT2D eigenvalue weighted by molar-refractivity contribution is 5.62. The van der Waals surface area contributed by atoms with Gasteiger partial charge in [-0.05, 0) is 44.4 Å². The Kier molecular flexibility index (Phi) is 5.72. The summed E-state index contributed by atoms with van der Waals surface area (Å²) >= 11 is 0. The standard InChI is InChI=1S/C17H24N4O/c1-12-7-5-8-15(14(12)3)20-16-11-13(2)19-17(21-16)18-9-6-10-22-4/h5,7-8,11H,6,9-10H2,1-4H3,(H2,18,19,20,21). The minimum atomic E-state index is 0.643. The van der Waals surface area contributed by atoms with E-state index < -0.39 is 0 Å². The molecule has 0 saturated carbocycles. The summed E-state index contributed by atoms with van der Waals surface area (Å²) in [7, 11) is 1.70. The van der Waals surface area contributed by atoms with Crippen LogP contribution in [-0.2, 0) is 4.74 Å². The minimum absolute atomic E-state index is 0.643. The fraction of sp³-hybridized carbons (Fsp3) is 0.412. The first-order valence-electron chi connectivity index (χ1n) is 7.52. The van der Waals surface area contributed by atoms with E-state index in [0.717, 1.165) is 36.8 Å². The van der Waals surface area contributed by atoms with Gasteiger partial charge in [-0.3, -0.25) is 0 Å². The van der Waals surface area contributed by atoms with Gasteiger partial charge in [0.15, 0.2) is 0 Å². The summed E-state index contributed by atoms with van der Waals surface area (Å²) in [5.41, 5.74) is 4.49. The normalized spacial score (nSPS) is 10.5. The van der Waals surface area contributed by atoms with Crippen molar-refractivity contribution in [1.82, 2.24) is 9.97 Å². The number of nitrogens with one attached hydrogen (secondary N) is 2. The van der Waals surface area contributed by atoms with Crippen LogP contribution in [0.4, 0.5) is 17.5 Å². The lowest BCUT2D eigenvalue weighted by molar-refractivity contribution is 0.197. The molecule has 2 aromatic rings. The largest absolute Gasteiger partial charge is 0.385 e. The molecular weight excluding hydrogens is 276 g/mol. The van der Waals surface area contributed by atoms with Crippen molar-refractivity contribution < 1.29 is 4.74 Å². The number of hydrogen-bond donors (Lipinski definition) is 2. The van der Waals surface area contributed by atoms with E-state index in [1.165, 1.54) is 11.1 Å². The van der Waals surface area contributed by atoms with Crippen LogP contribution in [0.15, 0.2) is 24.3 Å². The second kappa shape index (κ2) is 7.75. The summed E-state index contributed by atoms with van der Waals surface area (Å²) in [6.45, 7) is 7.70. The predicted molar refractivity (Wildman–Crippen MR) is 91.0 cm³/mol. The fourth-order valence-corrected chi connectivity index (χ4v) is 2.15. The van der Waals surface area contributed by atoms with E-state index in [4.69, 9.17) is 4.74 Å². The van der Waals surface area contributed by atoms with Crippen LogP contribution < -0.4 is 10.6 Å². The zero-order valence-electron chi connectivity index (χ0n) is 13.7. The third-order valence-corrected chi connectivity index (χ3v) is 3.53. The molecule has 0 aliphatic heterocycles. The van der Waals surface area contributed by atoms with Gasteiger partial charge in [0.2, 0.25) is 5.95 Å². The van der Waals surface area contributed by atoms with E-state index in [-0.39, 0.29) is 0 Å². The number of benzene rings is 1. The molecule has 2 N–H and O–H groups in total. The van der Waals surface area contributed by atoms with E-state index in [0.29, 0.717) is 5.95 Å². The molecule has 22 heavy (non-hydrogen) atoms. The van der Waals surface area contributed by atoms with Gasteiger partial charge < -0.3 is 15.4 Å². The second-order valence-electron chi connectivity index (χ2n) is 5.36. The highest BCUT2D eigenvalue weighted by Gasteiger charge is 2.05. The van der Waals surface area contributed by atoms with Crippen molar-refractivity contribution >= 4 is 17.5 Å². The lowest BCUT2D eigenvalue weighted by Gasteiger charge is -2.12. The number of nitrogens with zero attached hydrogens (tertiary/aromatic N) is 2. The third-order valence-electron chi connectivity index (χ3n) is 3.53. The van der Waals surface area contributed by atoms with Crippen molar-refractivity contribution in [2.45, 2.75) is 27.2 Å². The molecule has 2 rings (SSSR count). The first kappa shape index (κ1) is 16.2. The van der Waals surface area contributed by atoms with Gasteiger partial charge in [0, 0.05) is 37.7 Å². The number of methoxy groups -OCH3 is 1. The number of hydrogen-bond acceptors (Lipinski definition) is 5. The van der Waals surface area contributed by atoms with Gasteiger partial charge in [-0.2, -0.15) is 4.98 Å². The van der Waals surface area contributed by atoms with Crippen LogP contribution in [-0.4, -0.2) is 30.2 Å². The van der Waals surface area contributed by atoms with Crippen LogP contribution in [0.3, 0.4) is 0 Å². The van der Waals surface area contributed by atoms with Crippen molar-refractivity contribution in [2.75, 3.05) is 30.9 Å². The summed E-state index contributed by atoms with van der Waals surface area (Å²) < 4.78 is 5.04. The Morgan fingerprint density at radius 1 is 1.14 bits per heavy atom. The molecule has 1 aromatic heterocycles. The summed E-state index contributed by atoms with van der Waals surface area (Å²) in [6.07, 6.45) is 0.924. The molecule has 0 unspecified atom stereocenters. The van der Waals surface area contributed by atoms with Gasteiger partial charge in [-0.25, -0.2) is 4.98 Å².